The summed E-state index contributed by atoms with van der Waals surface area (Å²) in [6, 6.07) is -0.168. The van der Waals surface area contributed by atoms with Gasteiger partial charge in [-0.2, -0.15) is 5.10 Å². The Morgan fingerprint density at radius 3 is 2.72 bits per heavy atom. The Kier molecular flexibility index (Phi) is 5.54. The number of nitrogens with one attached hydrogen (secondary N) is 1. The molecule has 9 nitrogen and oxygen atoms in total. The lowest BCUT2D eigenvalue weighted by Gasteiger charge is -2.46. The van der Waals surface area contributed by atoms with Crippen LogP contribution in [-0.2, 0) is 24.8 Å². The van der Waals surface area contributed by atoms with Gasteiger partial charge in [0.25, 0.3) is 0 Å². The highest BCUT2D eigenvalue weighted by Crippen LogP contribution is 2.46. The fraction of sp³-hybridized carbons (Fsp3) is 0.700. The van der Waals surface area contributed by atoms with Crippen LogP contribution >= 0.6 is 0 Å². The second-order valence-corrected chi connectivity index (χ2v) is 9.49. The first-order valence-corrected chi connectivity index (χ1v) is 9.91. The van der Waals surface area contributed by atoms with Gasteiger partial charge < -0.3 is 15.3 Å². The third kappa shape index (κ3) is 4.50. The molecule has 0 saturated heterocycles. The van der Waals surface area contributed by atoms with Crippen LogP contribution in [0.4, 0.5) is 4.79 Å². The van der Waals surface area contributed by atoms with Crippen LogP contribution in [0.2, 0.25) is 0 Å². The standard InChI is InChI=1S/C20H29N5O4/c1-19(2)7-13(8-20(3,10-19)11-21-12-26)22-18(29)25-6-5-14-15(9-25)24(4)23-16(14)17(27)28/h13H,5-11H2,1-4H3,(H,22,29)(H,27,28). The van der Waals surface area contributed by atoms with Crippen LogP contribution in [0.15, 0.2) is 4.99 Å². The molecule has 0 aromatic carbocycles. The number of hydrogen-bond acceptors (Lipinski definition) is 5. The monoisotopic (exact) mass is 403 g/mol. The number of nitrogens with zero attached hydrogens (tertiary/aromatic N) is 4. The van der Waals surface area contributed by atoms with E-state index in [4.69, 9.17) is 0 Å². The molecule has 1 aliphatic heterocycles. The highest BCUT2D eigenvalue weighted by atomic mass is 16.4. The van der Waals surface area contributed by atoms with E-state index in [0.717, 1.165) is 25.0 Å². The SMILES string of the molecule is Cn1nc(C(=O)O)c2c1CN(C(=O)NC1CC(C)(C)CC(C)(CN=C=O)C1)CC2. The molecule has 1 saturated carbocycles. The third-order valence-corrected chi connectivity index (χ3v) is 6.03. The average Bonchev–Trinajstić information content (AvgIpc) is 2.95. The number of carboxylic acids is 1. The summed E-state index contributed by atoms with van der Waals surface area (Å²) in [6.45, 7) is 7.64. The molecule has 2 amide bonds. The quantitative estimate of drug-likeness (QED) is 0.590. The summed E-state index contributed by atoms with van der Waals surface area (Å²) in [5.41, 5.74) is 1.41. The van der Waals surface area contributed by atoms with Crippen molar-refractivity contribution in [2.24, 2.45) is 22.9 Å². The topological polar surface area (TPSA) is 117 Å². The van der Waals surface area contributed by atoms with Gasteiger partial charge in [-0.25, -0.2) is 19.4 Å². The van der Waals surface area contributed by atoms with Gasteiger partial charge in [-0.05, 0) is 36.5 Å². The van der Waals surface area contributed by atoms with Crippen LogP contribution in [0, 0.1) is 10.8 Å². The number of urea groups is 1. The number of carbonyl (C=O) groups excluding carboxylic acids is 2. The zero-order valence-corrected chi connectivity index (χ0v) is 17.5. The molecule has 1 aromatic rings. The van der Waals surface area contributed by atoms with Crippen molar-refractivity contribution in [1.82, 2.24) is 20.0 Å². The Hall–Kier alpha value is -2.67. The molecule has 1 aromatic heterocycles. The first-order valence-electron chi connectivity index (χ1n) is 9.91. The van der Waals surface area contributed by atoms with Gasteiger partial charge in [0.15, 0.2) is 5.69 Å². The highest BCUT2D eigenvalue weighted by Gasteiger charge is 2.42. The Morgan fingerprint density at radius 2 is 2.07 bits per heavy atom. The Balaban J connectivity index is 1.70. The predicted octanol–water partition coefficient (Wildman–Crippen LogP) is 2.11. The van der Waals surface area contributed by atoms with E-state index in [9.17, 15) is 19.5 Å². The van der Waals surface area contributed by atoms with E-state index in [-0.39, 0.29) is 28.6 Å². The number of amides is 2. The lowest BCUT2D eigenvalue weighted by Crippen LogP contribution is -2.52. The molecule has 29 heavy (non-hydrogen) atoms. The summed E-state index contributed by atoms with van der Waals surface area (Å²) < 4.78 is 1.55. The summed E-state index contributed by atoms with van der Waals surface area (Å²) >= 11 is 0. The van der Waals surface area contributed by atoms with E-state index in [2.05, 4.69) is 36.2 Å². The Labute approximate surface area is 170 Å². The van der Waals surface area contributed by atoms with Crippen LogP contribution in [0.1, 0.15) is 61.8 Å². The number of aliphatic imine (C=N–C) groups is 1. The van der Waals surface area contributed by atoms with Crippen molar-refractivity contribution in [1.29, 1.82) is 0 Å². The smallest absolute Gasteiger partial charge is 0.356 e. The molecular weight excluding hydrogens is 374 g/mol. The Morgan fingerprint density at radius 1 is 1.34 bits per heavy atom. The number of fused-ring (bicyclic) bond motifs is 1. The molecule has 0 bridgehead atoms. The predicted molar refractivity (Wildman–Crippen MR) is 105 cm³/mol. The van der Waals surface area contributed by atoms with Crippen LogP contribution in [0.5, 0.6) is 0 Å². The van der Waals surface area contributed by atoms with E-state index in [1.54, 1.807) is 22.7 Å². The molecule has 2 heterocycles. The van der Waals surface area contributed by atoms with Crippen molar-refractivity contribution in [2.45, 2.75) is 59.0 Å². The minimum Gasteiger partial charge on any atom is -0.476 e. The summed E-state index contributed by atoms with van der Waals surface area (Å²) in [5, 5.41) is 16.5. The van der Waals surface area contributed by atoms with Gasteiger partial charge in [-0.1, -0.05) is 20.8 Å². The Bertz CT molecular complexity index is 870. The highest BCUT2D eigenvalue weighted by molar-refractivity contribution is 5.87. The molecule has 2 atom stereocenters. The molecule has 9 heteroatoms. The number of hydrogen-bond donors (Lipinski definition) is 2. The normalized spacial score (nSPS) is 25.7. The maximum Gasteiger partial charge on any atom is 0.356 e. The molecule has 2 N–H and O–H groups in total. The van der Waals surface area contributed by atoms with E-state index >= 15 is 0 Å². The maximum absolute atomic E-state index is 12.9. The lowest BCUT2D eigenvalue weighted by atomic mass is 9.62. The summed E-state index contributed by atoms with van der Waals surface area (Å²) in [5.74, 6) is -1.04. The summed E-state index contributed by atoms with van der Waals surface area (Å²) in [4.78, 5) is 40.4. The van der Waals surface area contributed by atoms with Gasteiger partial charge in [-0.3, -0.25) is 4.68 Å². The van der Waals surface area contributed by atoms with Crippen LogP contribution in [-0.4, -0.2) is 57.0 Å². The first kappa shape index (κ1) is 21.0. The molecule has 2 unspecified atom stereocenters. The second kappa shape index (κ2) is 7.63. The van der Waals surface area contributed by atoms with E-state index < -0.39 is 5.97 Å². The number of carboxylic acid groups (broad SMARTS) is 1. The largest absolute Gasteiger partial charge is 0.476 e. The summed E-state index contributed by atoms with van der Waals surface area (Å²) in [6.07, 6.45) is 4.63. The third-order valence-electron chi connectivity index (χ3n) is 6.03. The number of isocyanates is 1. The zero-order chi connectivity index (χ0) is 21.4. The lowest BCUT2D eigenvalue weighted by molar-refractivity contribution is 0.0688. The average molecular weight is 403 g/mol. The van der Waals surface area contributed by atoms with Crippen LogP contribution in [0.3, 0.4) is 0 Å². The van der Waals surface area contributed by atoms with Gasteiger partial charge in [0.1, 0.15) is 0 Å². The van der Waals surface area contributed by atoms with Gasteiger partial charge in [0.2, 0.25) is 6.08 Å². The maximum atomic E-state index is 12.9. The minimum absolute atomic E-state index is 0.0133. The number of aromatic nitrogens is 2. The molecule has 1 aliphatic carbocycles. The van der Waals surface area contributed by atoms with Gasteiger partial charge in [-0.15, -0.1) is 0 Å². The van der Waals surface area contributed by atoms with Gasteiger partial charge >= 0.3 is 12.0 Å². The summed E-state index contributed by atoms with van der Waals surface area (Å²) in [7, 11) is 1.70. The fourth-order valence-electron chi connectivity index (χ4n) is 5.26. The minimum atomic E-state index is -1.04. The second-order valence-electron chi connectivity index (χ2n) is 9.49. The van der Waals surface area contributed by atoms with Crippen molar-refractivity contribution in [2.75, 3.05) is 13.1 Å². The molecule has 3 rings (SSSR count). The van der Waals surface area contributed by atoms with E-state index in [1.807, 2.05) is 0 Å². The number of aryl methyl sites for hydroxylation is 1. The van der Waals surface area contributed by atoms with Crippen molar-refractivity contribution in [3.8, 4) is 0 Å². The molecule has 158 valence electrons. The van der Waals surface area contributed by atoms with E-state index in [0.29, 0.717) is 31.6 Å². The fourth-order valence-corrected chi connectivity index (χ4v) is 5.26. The van der Waals surface area contributed by atoms with Gasteiger partial charge in [0.05, 0.1) is 18.8 Å². The van der Waals surface area contributed by atoms with E-state index in [1.165, 1.54) is 0 Å². The molecular formula is C20H29N5O4. The van der Waals surface area contributed by atoms with Crippen LogP contribution in [0.25, 0.3) is 0 Å². The molecule has 1 fully saturated rings. The van der Waals surface area contributed by atoms with Gasteiger partial charge in [0, 0.05) is 25.2 Å². The number of aromatic carboxylic acids is 1. The molecule has 0 radical (unpaired) electrons. The van der Waals surface area contributed by atoms with Crippen molar-refractivity contribution >= 4 is 18.1 Å². The number of rotatable bonds is 4. The zero-order valence-electron chi connectivity index (χ0n) is 17.5. The van der Waals surface area contributed by atoms with Crippen molar-refractivity contribution in [3.05, 3.63) is 17.0 Å². The first-order chi connectivity index (χ1) is 13.5. The van der Waals surface area contributed by atoms with Crippen molar-refractivity contribution < 1.29 is 19.5 Å². The number of carbonyl (C=O) groups is 2. The molecule has 0 spiro atoms. The molecule has 2 aliphatic rings. The van der Waals surface area contributed by atoms with Crippen molar-refractivity contribution in [3.63, 3.8) is 0 Å². The van der Waals surface area contributed by atoms with Crippen LogP contribution < -0.4 is 5.32 Å².